The van der Waals surface area contributed by atoms with E-state index >= 15 is 0 Å². The van der Waals surface area contributed by atoms with Crippen LogP contribution in [0.15, 0.2) is 94.4 Å². The molecule has 0 bridgehead atoms. The van der Waals surface area contributed by atoms with Crippen LogP contribution in [0.1, 0.15) is 57.6 Å². The van der Waals surface area contributed by atoms with Crippen molar-refractivity contribution in [2.24, 2.45) is 5.10 Å². The Labute approximate surface area is 242 Å². The molecule has 2 heterocycles. The maximum Gasteiger partial charge on any atom is 0.291 e. The zero-order valence-corrected chi connectivity index (χ0v) is 23.5. The molecule has 7 heteroatoms. The Kier molecular flexibility index (Phi) is 6.35. The Balaban J connectivity index is 1.16. The lowest BCUT2D eigenvalue weighted by Gasteiger charge is -2.13. The van der Waals surface area contributed by atoms with Crippen LogP contribution in [-0.2, 0) is 13.0 Å². The third-order valence-electron chi connectivity index (χ3n) is 8.21. The van der Waals surface area contributed by atoms with E-state index in [2.05, 4.69) is 45.5 Å². The van der Waals surface area contributed by atoms with Crippen LogP contribution >= 0.6 is 0 Å². The maximum absolute atomic E-state index is 13.5. The molecule has 2 N–H and O–H groups in total. The summed E-state index contributed by atoms with van der Waals surface area (Å²) >= 11 is 0. The standard InChI is InChI=1S/C35H30N4O3/c1-3-39-29-16-7-6-13-25(29)27-20-23(18-19-30(27)39)36-35(41)33-21(2)32-28(15-9-17-31(32)42-33)37-38-34(40)26-14-8-11-22-10-4-5-12-24(22)26/h4-8,10-14,16,18-20H,3,9,15,17H2,1-2H3,(H,36,41)(H,38,40)/b37-28+. The molecule has 2 aromatic heterocycles. The Morgan fingerprint density at radius 2 is 1.62 bits per heavy atom. The number of hydrogen-bond acceptors (Lipinski definition) is 4. The zero-order chi connectivity index (χ0) is 28.8. The van der Waals surface area contributed by atoms with Gasteiger partial charge in [-0.2, -0.15) is 5.10 Å². The molecule has 7 nitrogen and oxygen atoms in total. The van der Waals surface area contributed by atoms with Gasteiger partial charge in [0.1, 0.15) is 5.76 Å². The number of furan rings is 1. The van der Waals surface area contributed by atoms with Crippen molar-refractivity contribution >= 4 is 55.8 Å². The molecule has 42 heavy (non-hydrogen) atoms. The molecule has 208 valence electrons. The summed E-state index contributed by atoms with van der Waals surface area (Å²) in [5.74, 6) is 0.416. The number of hydrogen-bond donors (Lipinski definition) is 2. The Bertz CT molecular complexity index is 2060. The van der Waals surface area contributed by atoms with Crippen molar-refractivity contribution in [3.05, 3.63) is 113 Å². The number of hydrazone groups is 1. The Hall–Kier alpha value is -5.17. The van der Waals surface area contributed by atoms with Gasteiger partial charge in [0.15, 0.2) is 5.76 Å². The summed E-state index contributed by atoms with van der Waals surface area (Å²) in [5.41, 5.74) is 8.59. The predicted molar refractivity (Wildman–Crippen MR) is 167 cm³/mol. The van der Waals surface area contributed by atoms with Gasteiger partial charge in [0, 0.05) is 57.1 Å². The molecule has 1 aliphatic carbocycles. The zero-order valence-electron chi connectivity index (χ0n) is 23.5. The van der Waals surface area contributed by atoms with Crippen molar-refractivity contribution in [2.45, 2.75) is 39.7 Å². The van der Waals surface area contributed by atoms with Crippen molar-refractivity contribution in [1.29, 1.82) is 0 Å². The topological polar surface area (TPSA) is 88.6 Å². The lowest BCUT2D eigenvalue weighted by atomic mass is 9.93. The van der Waals surface area contributed by atoms with Crippen LogP contribution < -0.4 is 10.7 Å². The second-order valence-corrected chi connectivity index (χ2v) is 10.7. The van der Waals surface area contributed by atoms with Gasteiger partial charge in [-0.15, -0.1) is 0 Å². The summed E-state index contributed by atoms with van der Waals surface area (Å²) in [4.78, 5) is 26.6. The smallest absolute Gasteiger partial charge is 0.291 e. The first kappa shape index (κ1) is 25.8. The minimum Gasteiger partial charge on any atom is -0.455 e. The van der Waals surface area contributed by atoms with E-state index in [1.165, 1.54) is 5.52 Å². The summed E-state index contributed by atoms with van der Waals surface area (Å²) in [6.45, 7) is 4.87. The minimum atomic E-state index is -0.306. The number of nitrogens with one attached hydrogen (secondary N) is 2. The van der Waals surface area contributed by atoms with Gasteiger partial charge in [0.25, 0.3) is 11.8 Å². The number of para-hydroxylation sites is 1. The summed E-state index contributed by atoms with van der Waals surface area (Å²) in [6, 6.07) is 27.7. The summed E-state index contributed by atoms with van der Waals surface area (Å²) in [7, 11) is 0. The van der Waals surface area contributed by atoms with Gasteiger partial charge in [-0.3, -0.25) is 9.59 Å². The SMILES string of the molecule is CCn1c2ccccc2c2cc(NC(=O)c3oc4c(c3C)/C(=N/NC(=O)c3cccc5ccccc35)CCC4)ccc21. The number of rotatable bonds is 5. The van der Waals surface area contributed by atoms with Crippen LogP contribution in [0, 0.1) is 6.92 Å². The molecule has 0 aliphatic heterocycles. The largest absolute Gasteiger partial charge is 0.455 e. The lowest BCUT2D eigenvalue weighted by molar-refractivity contribution is 0.0955. The second kappa shape index (κ2) is 10.3. The first-order chi connectivity index (χ1) is 20.5. The quantitative estimate of drug-likeness (QED) is 0.215. The van der Waals surface area contributed by atoms with Crippen molar-refractivity contribution in [3.8, 4) is 0 Å². The van der Waals surface area contributed by atoms with Crippen molar-refractivity contribution in [1.82, 2.24) is 9.99 Å². The molecule has 0 unspecified atom stereocenters. The van der Waals surface area contributed by atoms with Crippen LogP contribution in [0.4, 0.5) is 5.69 Å². The molecule has 1 aliphatic rings. The van der Waals surface area contributed by atoms with Crippen LogP contribution in [-0.4, -0.2) is 22.1 Å². The molecule has 2 amide bonds. The first-order valence-electron chi connectivity index (χ1n) is 14.3. The van der Waals surface area contributed by atoms with Crippen molar-refractivity contribution in [2.75, 3.05) is 5.32 Å². The van der Waals surface area contributed by atoms with Gasteiger partial charge in [-0.1, -0.05) is 54.6 Å². The minimum absolute atomic E-state index is 0.270. The van der Waals surface area contributed by atoms with E-state index in [0.717, 1.165) is 62.6 Å². The van der Waals surface area contributed by atoms with Crippen LogP contribution in [0.3, 0.4) is 0 Å². The van der Waals surface area contributed by atoms with E-state index in [0.29, 0.717) is 24.1 Å². The molecular weight excluding hydrogens is 524 g/mol. The average molecular weight is 555 g/mol. The van der Waals surface area contributed by atoms with E-state index in [9.17, 15) is 9.59 Å². The lowest BCUT2D eigenvalue weighted by Crippen LogP contribution is -2.22. The van der Waals surface area contributed by atoms with E-state index in [-0.39, 0.29) is 17.6 Å². The van der Waals surface area contributed by atoms with E-state index < -0.39 is 0 Å². The third-order valence-corrected chi connectivity index (χ3v) is 8.21. The van der Waals surface area contributed by atoms with Crippen LogP contribution in [0.25, 0.3) is 32.6 Å². The van der Waals surface area contributed by atoms with Gasteiger partial charge < -0.3 is 14.3 Å². The molecule has 0 fully saturated rings. The molecular formula is C35H30N4O3. The summed E-state index contributed by atoms with van der Waals surface area (Å²) in [6.07, 6.45) is 2.22. The fourth-order valence-electron chi connectivity index (χ4n) is 6.26. The number of aryl methyl sites for hydroxylation is 2. The first-order valence-corrected chi connectivity index (χ1v) is 14.3. The molecule has 0 atom stereocenters. The van der Waals surface area contributed by atoms with E-state index in [1.54, 1.807) is 6.07 Å². The summed E-state index contributed by atoms with van der Waals surface area (Å²) in [5, 5.41) is 11.7. The number of aromatic nitrogens is 1. The van der Waals surface area contributed by atoms with Crippen molar-refractivity contribution in [3.63, 3.8) is 0 Å². The second-order valence-electron chi connectivity index (χ2n) is 10.7. The number of benzene rings is 4. The van der Waals surface area contributed by atoms with E-state index in [4.69, 9.17) is 4.42 Å². The fraction of sp³-hybridized carbons (Fsp3) is 0.171. The van der Waals surface area contributed by atoms with Gasteiger partial charge >= 0.3 is 0 Å². The molecule has 0 saturated carbocycles. The van der Waals surface area contributed by atoms with Gasteiger partial charge in [0.2, 0.25) is 0 Å². The number of anilines is 1. The number of carbonyl (C=O) groups excluding carboxylic acids is 2. The van der Waals surface area contributed by atoms with E-state index in [1.807, 2.05) is 67.6 Å². The highest BCUT2D eigenvalue weighted by molar-refractivity contribution is 6.13. The third kappa shape index (κ3) is 4.25. The molecule has 0 spiro atoms. The Morgan fingerprint density at radius 1 is 0.857 bits per heavy atom. The highest BCUT2D eigenvalue weighted by atomic mass is 16.4. The molecule has 6 aromatic rings. The fourth-order valence-corrected chi connectivity index (χ4v) is 6.26. The molecule has 0 saturated heterocycles. The predicted octanol–water partition coefficient (Wildman–Crippen LogP) is 7.59. The highest BCUT2D eigenvalue weighted by Crippen LogP contribution is 2.33. The Morgan fingerprint density at radius 3 is 2.48 bits per heavy atom. The number of carbonyl (C=O) groups is 2. The average Bonchev–Trinajstić information content (AvgIpc) is 3.54. The van der Waals surface area contributed by atoms with Crippen LogP contribution in [0.2, 0.25) is 0 Å². The molecule has 4 aromatic carbocycles. The molecule has 7 rings (SSSR count). The van der Waals surface area contributed by atoms with Gasteiger partial charge in [0.05, 0.1) is 5.71 Å². The maximum atomic E-state index is 13.5. The van der Waals surface area contributed by atoms with Gasteiger partial charge in [-0.05, 0) is 67.8 Å². The number of amides is 2. The number of fused-ring (bicyclic) bond motifs is 5. The normalized spacial score (nSPS) is 14.0. The van der Waals surface area contributed by atoms with Gasteiger partial charge in [-0.25, -0.2) is 5.43 Å². The van der Waals surface area contributed by atoms with Crippen LogP contribution in [0.5, 0.6) is 0 Å². The number of nitrogens with zero attached hydrogens (tertiary/aromatic N) is 2. The highest BCUT2D eigenvalue weighted by Gasteiger charge is 2.28. The summed E-state index contributed by atoms with van der Waals surface area (Å²) < 4.78 is 8.40. The molecule has 0 radical (unpaired) electrons. The monoisotopic (exact) mass is 554 g/mol. The van der Waals surface area contributed by atoms with Crippen molar-refractivity contribution < 1.29 is 14.0 Å².